The van der Waals surface area contributed by atoms with Crippen molar-refractivity contribution < 1.29 is 4.74 Å². The number of hydrogen-bond donors (Lipinski definition) is 1. The lowest BCUT2D eigenvalue weighted by molar-refractivity contribution is 0.415. The zero-order chi connectivity index (χ0) is 15.1. The van der Waals surface area contributed by atoms with Gasteiger partial charge in [-0.05, 0) is 54.9 Å². The molecule has 0 spiro atoms. The monoisotopic (exact) mass is 284 g/mol. The molecule has 0 saturated carbocycles. The largest absolute Gasteiger partial charge is 0.497 e. The second-order valence-corrected chi connectivity index (χ2v) is 5.10. The molecule has 3 heteroatoms. The maximum Gasteiger partial charge on any atom is 0.119 e. The number of methoxy groups -OCH3 is 1. The quantitative estimate of drug-likeness (QED) is 0.779. The summed E-state index contributed by atoms with van der Waals surface area (Å²) in [4.78, 5) is 2.17. The number of rotatable bonds is 7. The summed E-state index contributed by atoms with van der Waals surface area (Å²) in [7, 11) is 3.76. The molecular weight excluding hydrogens is 260 g/mol. The zero-order valence-corrected chi connectivity index (χ0v) is 13.1. The Balaban J connectivity index is 2.02. The maximum absolute atomic E-state index is 5.19. The Bertz CT molecular complexity index is 534. The van der Waals surface area contributed by atoms with E-state index in [9.17, 15) is 0 Å². The van der Waals surface area contributed by atoms with E-state index in [0.717, 1.165) is 30.9 Å². The van der Waals surface area contributed by atoms with Gasteiger partial charge in [-0.2, -0.15) is 0 Å². The molecule has 0 heterocycles. The number of nitrogens with zero attached hydrogens (tertiary/aromatic N) is 1. The van der Waals surface area contributed by atoms with Crippen molar-refractivity contribution in [1.82, 2.24) is 5.32 Å². The van der Waals surface area contributed by atoms with Gasteiger partial charge in [-0.25, -0.2) is 0 Å². The fraction of sp³-hybridized carbons (Fsp3) is 0.333. The molecule has 2 aromatic rings. The first-order chi connectivity index (χ1) is 10.2. The summed E-state index contributed by atoms with van der Waals surface area (Å²) >= 11 is 0. The molecule has 112 valence electrons. The van der Waals surface area contributed by atoms with Gasteiger partial charge in [0.15, 0.2) is 0 Å². The Morgan fingerprint density at radius 1 is 0.952 bits per heavy atom. The molecule has 0 aromatic heterocycles. The Labute approximate surface area is 127 Å². The molecule has 0 radical (unpaired) electrons. The molecule has 0 fully saturated rings. The number of anilines is 2. The minimum atomic E-state index is 0.879. The molecule has 0 bridgehead atoms. The molecule has 1 N–H and O–H groups in total. The van der Waals surface area contributed by atoms with E-state index in [4.69, 9.17) is 4.74 Å². The fourth-order valence-corrected chi connectivity index (χ4v) is 2.20. The first-order valence-corrected chi connectivity index (χ1v) is 7.42. The molecule has 2 rings (SSSR count). The minimum Gasteiger partial charge on any atom is -0.497 e. The topological polar surface area (TPSA) is 24.5 Å². The van der Waals surface area contributed by atoms with Crippen LogP contribution >= 0.6 is 0 Å². The van der Waals surface area contributed by atoms with Crippen LogP contribution in [0.25, 0.3) is 0 Å². The van der Waals surface area contributed by atoms with Crippen LogP contribution in [0.3, 0.4) is 0 Å². The normalized spacial score (nSPS) is 10.4. The van der Waals surface area contributed by atoms with Crippen LogP contribution in [0.5, 0.6) is 5.75 Å². The van der Waals surface area contributed by atoms with Gasteiger partial charge in [0.2, 0.25) is 0 Å². The molecule has 0 saturated heterocycles. The second-order valence-electron chi connectivity index (χ2n) is 5.10. The molecule has 0 aliphatic rings. The first kappa shape index (κ1) is 15.4. The lowest BCUT2D eigenvalue weighted by Crippen LogP contribution is -2.14. The van der Waals surface area contributed by atoms with E-state index < -0.39 is 0 Å². The van der Waals surface area contributed by atoms with Crippen molar-refractivity contribution in [1.29, 1.82) is 0 Å². The highest BCUT2D eigenvalue weighted by Gasteiger charge is 2.04. The van der Waals surface area contributed by atoms with Crippen LogP contribution in [0, 0.1) is 0 Å². The van der Waals surface area contributed by atoms with Crippen LogP contribution in [0.15, 0.2) is 48.5 Å². The van der Waals surface area contributed by atoms with Crippen LogP contribution in [0.4, 0.5) is 11.4 Å². The zero-order valence-electron chi connectivity index (χ0n) is 13.1. The van der Waals surface area contributed by atoms with E-state index in [1.165, 1.54) is 11.3 Å². The summed E-state index contributed by atoms with van der Waals surface area (Å²) < 4.78 is 5.19. The predicted octanol–water partition coefficient (Wildman–Crippen LogP) is 3.96. The Kier molecular flexibility index (Phi) is 5.64. The summed E-state index contributed by atoms with van der Waals surface area (Å²) in [6.45, 7) is 4.17. The summed E-state index contributed by atoms with van der Waals surface area (Å²) in [6.07, 6.45) is 1.16. The Morgan fingerprint density at radius 3 is 2.05 bits per heavy atom. The van der Waals surface area contributed by atoms with Crippen molar-refractivity contribution in [3.8, 4) is 5.75 Å². The Hall–Kier alpha value is -2.00. The molecule has 0 aliphatic heterocycles. The van der Waals surface area contributed by atoms with Crippen LogP contribution in [0.1, 0.15) is 18.9 Å². The lowest BCUT2D eigenvalue weighted by Gasteiger charge is -2.20. The minimum absolute atomic E-state index is 0.879. The number of ether oxygens (including phenoxy) is 1. The van der Waals surface area contributed by atoms with Gasteiger partial charge in [-0.15, -0.1) is 0 Å². The third-order valence-corrected chi connectivity index (χ3v) is 3.54. The molecule has 0 unspecified atom stereocenters. The van der Waals surface area contributed by atoms with Gasteiger partial charge >= 0.3 is 0 Å². The van der Waals surface area contributed by atoms with Gasteiger partial charge in [-0.1, -0.05) is 19.1 Å². The smallest absolute Gasteiger partial charge is 0.119 e. The molecular formula is C18H24N2O. The van der Waals surface area contributed by atoms with Crippen molar-refractivity contribution in [3.05, 3.63) is 54.1 Å². The standard InChI is InChI=1S/C18H24N2O/c1-4-13-19-14-15-5-7-16(8-6-15)20(2)17-9-11-18(21-3)12-10-17/h5-12,19H,4,13-14H2,1-3H3. The number of hydrogen-bond acceptors (Lipinski definition) is 3. The van der Waals surface area contributed by atoms with Gasteiger partial charge in [0, 0.05) is 25.0 Å². The van der Waals surface area contributed by atoms with Gasteiger partial charge in [0.05, 0.1) is 7.11 Å². The molecule has 3 nitrogen and oxygen atoms in total. The van der Waals surface area contributed by atoms with E-state index >= 15 is 0 Å². The first-order valence-electron chi connectivity index (χ1n) is 7.42. The van der Waals surface area contributed by atoms with Crippen molar-refractivity contribution >= 4 is 11.4 Å². The van der Waals surface area contributed by atoms with E-state index in [1.807, 2.05) is 12.1 Å². The molecule has 0 atom stereocenters. The molecule has 0 aliphatic carbocycles. The van der Waals surface area contributed by atoms with Gasteiger partial charge in [-0.3, -0.25) is 0 Å². The third kappa shape index (κ3) is 4.23. The van der Waals surface area contributed by atoms with E-state index in [-0.39, 0.29) is 0 Å². The second kappa shape index (κ2) is 7.70. The lowest BCUT2D eigenvalue weighted by atomic mass is 10.2. The van der Waals surface area contributed by atoms with Crippen molar-refractivity contribution in [2.45, 2.75) is 19.9 Å². The third-order valence-electron chi connectivity index (χ3n) is 3.54. The highest BCUT2D eigenvalue weighted by Crippen LogP contribution is 2.25. The molecule has 21 heavy (non-hydrogen) atoms. The highest BCUT2D eigenvalue weighted by molar-refractivity contribution is 5.63. The average Bonchev–Trinajstić information content (AvgIpc) is 2.55. The maximum atomic E-state index is 5.19. The van der Waals surface area contributed by atoms with Gasteiger partial charge < -0.3 is 15.0 Å². The van der Waals surface area contributed by atoms with Gasteiger partial charge in [0.1, 0.15) is 5.75 Å². The van der Waals surface area contributed by atoms with Crippen molar-refractivity contribution in [2.24, 2.45) is 0 Å². The molecule has 2 aromatic carbocycles. The average molecular weight is 284 g/mol. The van der Waals surface area contributed by atoms with Crippen molar-refractivity contribution in [3.63, 3.8) is 0 Å². The summed E-state index contributed by atoms with van der Waals surface area (Å²) in [5.74, 6) is 0.879. The van der Waals surface area contributed by atoms with E-state index in [0.29, 0.717) is 0 Å². The highest BCUT2D eigenvalue weighted by atomic mass is 16.5. The summed E-state index contributed by atoms with van der Waals surface area (Å²) in [5, 5.41) is 3.42. The van der Waals surface area contributed by atoms with Crippen LogP contribution in [0.2, 0.25) is 0 Å². The number of nitrogens with one attached hydrogen (secondary N) is 1. The Morgan fingerprint density at radius 2 is 1.52 bits per heavy atom. The number of benzene rings is 2. The van der Waals surface area contributed by atoms with Crippen LogP contribution in [-0.4, -0.2) is 20.7 Å². The van der Waals surface area contributed by atoms with E-state index in [1.54, 1.807) is 7.11 Å². The molecule has 0 amide bonds. The van der Waals surface area contributed by atoms with Gasteiger partial charge in [0.25, 0.3) is 0 Å². The van der Waals surface area contributed by atoms with E-state index in [2.05, 4.69) is 60.6 Å². The summed E-state index contributed by atoms with van der Waals surface area (Å²) in [5.41, 5.74) is 3.64. The summed E-state index contributed by atoms with van der Waals surface area (Å²) in [6, 6.07) is 16.8. The van der Waals surface area contributed by atoms with Crippen LogP contribution < -0.4 is 15.0 Å². The van der Waals surface area contributed by atoms with Crippen molar-refractivity contribution in [2.75, 3.05) is 25.6 Å². The fourth-order valence-electron chi connectivity index (χ4n) is 2.20. The SMILES string of the molecule is CCCNCc1ccc(N(C)c2ccc(OC)cc2)cc1. The predicted molar refractivity (Wildman–Crippen MR) is 89.5 cm³/mol. The van der Waals surface area contributed by atoms with Crippen LogP contribution in [-0.2, 0) is 6.54 Å².